The smallest absolute Gasteiger partial charge is 0.322 e. The fraction of sp³-hybridized carbons (Fsp3) is 0.0667. The van der Waals surface area contributed by atoms with Crippen molar-refractivity contribution >= 4 is 23.3 Å². The Morgan fingerprint density at radius 3 is 2.00 bits per heavy atom. The highest BCUT2D eigenvalue weighted by Crippen LogP contribution is 2.17. The van der Waals surface area contributed by atoms with E-state index in [4.69, 9.17) is 5.11 Å². The number of aliphatic carboxylic acids is 1. The average molecular weight is 288 g/mol. The van der Waals surface area contributed by atoms with Crippen molar-refractivity contribution in [1.29, 1.82) is 0 Å². The molecule has 1 amide bonds. The van der Waals surface area contributed by atoms with Gasteiger partial charge in [-0.15, -0.1) is 0 Å². The van der Waals surface area contributed by atoms with Crippen LogP contribution in [0.5, 0.6) is 0 Å². The van der Waals surface area contributed by atoms with E-state index in [0.29, 0.717) is 5.56 Å². The van der Waals surface area contributed by atoms with Gasteiger partial charge in [-0.25, -0.2) is 4.39 Å². The largest absolute Gasteiger partial charge is 0.480 e. The molecule has 0 bridgehead atoms. The number of carboxylic acid groups (broad SMARTS) is 1. The van der Waals surface area contributed by atoms with E-state index in [9.17, 15) is 14.0 Å². The number of anilines is 2. The lowest BCUT2D eigenvalue weighted by Crippen LogP contribution is -2.29. The van der Waals surface area contributed by atoms with E-state index in [-0.39, 0.29) is 5.82 Å². The van der Waals surface area contributed by atoms with E-state index >= 15 is 0 Å². The van der Waals surface area contributed by atoms with E-state index in [1.54, 1.807) is 36.4 Å². The van der Waals surface area contributed by atoms with Crippen LogP contribution in [0.3, 0.4) is 0 Å². The molecule has 0 fully saturated rings. The predicted octanol–water partition coefficient (Wildman–Crippen LogP) is 2.38. The monoisotopic (exact) mass is 288 g/mol. The number of hydrogen-bond donors (Lipinski definition) is 3. The van der Waals surface area contributed by atoms with Gasteiger partial charge in [0.25, 0.3) is 5.91 Å². The van der Waals surface area contributed by atoms with Crippen molar-refractivity contribution in [1.82, 2.24) is 5.32 Å². The first-order valence-electron chi connectivity index (χ1n) is 6.17. The van der Waals surface area contributed by atoms with Gasteiger partial charge in [-0.1, -0.05) is 0 Å². The van der Waals surface area contributed by atoms with Crippen LogP contribution >= 0.6 is 0 Å². The van der Waals surface area contributed by atoms with Crippen molar-refractivity contribution in [3.63, 3.8) is 0 Å². The molecule has 2 aromatic carbocycles. The summed E-state index contributed by atoms with van der Waals surface area (Å²) in [5.74, 6) is -1.87. The summed E-state index contributed by atoms with van der Waals surface area (Å²) in [7, 11) is 0. The van der Waals surface area contributed by atoms with Crippen LogP contribution in [0.25, 0.3) is 0 Å². The fourth-order valence-corrected chi connectivity index (χ4v) is 1.66. The number of carboxylic acids is 1. The zero-order valence-corrected chi connectivity index (χ0v) is 11.0. The third kappa shape index (κ3) is 4.31. The normalized spacial score (nSPS) is 9.95. The topological polar surface area (TPSA) is 78.4 Å². The molecule has 6 heteroatoms. The van der Waals surface area contributed by atoms with Crippen LogP contribution in [0.4, 0.5) is 15.8 Å². The Kier molecular flexibility index (Phi) is 4.50. The molecule has 0 saturated heterocycles. The van der Waals surface area contributed by atoms with Crippen LogP contribution in [0.1, 0.15) is 10.4 Å². The van der Waals surface area contributed by atoms with Crippen molar-refractivity contribution in [2.75, 3.05) is 11.9 Å². The van der Waals surface area contributed by atoms with Gasteiger partial charge in [-0.05, 0) is 48.5 Å². The Labute approximate surface area is 120 Å². The maximum absolute atomic E-state index is 12.8. The number of halogens is 1. The molecule has 0 saturated carbocycles. The molecule has 0 unspecified atom stereocenters. The van der Waals surface area contributed by atoms with Crippen LogP contribution in [0, 0.1) is 5.82 Å². The van der Waals surface area contributed by atoms with Gasteiger partial charge in [-0.2, -0.15) is 0 Å². The van der Waals surface area contributed by atoms with Crippen LogP contribution in [0.2, 0.25) is 0 Å². The van der Waals surface area contributed by atoms with E-state index in [1.165, 1.54) is 12.1 Å². The van der Waals surface area contributed by atoms with Crippen molar-refractivity contribution in [3.8, 4) is 0 Å². The van der Waals surface area contributed by atoms with Gasteiger partial charge in [0.1, 0.15) is 12.4 Å². The number of carbonyl (C=O) groups is 2. The highest BCUT2D eigenvalue weighted by Gasteiger charge is 2.06. The summed E-state index contributed by atoms with van der Waals surface area (Å²) in [5.41, 5.74) is 1.82. The summed E-state index contributed by atoms with van der Waals surface area (Å²) >= 11 is 0. The predicted molar refractivity (Wildman–Crippen MR) is 76.1 cm³/mol. The van der Waals surface area contributed by atoms with Gasteiger partial charge in [0, 0.05) is 16.9 Å². The number of nitrogens with one attached hydrogen (secondary N) is 2. The molecule has 2 rings (SSSR count). The molecule has 0 aliphatic carbocycles. The first-order chi connectivity index (χ1) is 10.0. The second-order valence-electron chi connectivity index (χ2n) is 4.29. The minimum absolute atomic E-state index is 0.314. The first-order valence-corrected chi connectivity index (χ1v) is 6.17. The maximum Gasteiger partial charge on any atom is 0.322 e. The molecule has 0 aliphatic heterocycles. The number of amides is 1. The lowest BCUT2D eigenvalue weighted by atomic mass is 10.2. The second-order valence-corrected chi connectivity index (χ2v) is 4.29. The molecular weight excluding hydrogens is 275 g/mol. The Morgan fingerprint density at radius 1 is 0.952 bits per heavy atom. The van der Waals surface area contributed by atoms with Gasteiger partial charge in [0.05, 0.1) is 0 Å². The van der Waals surface area contributed by atoms with Crippen molar-refractivity contribution < 1.29 is 19.1 Å². The Balaban J connectivity index is 2.00. The van der Waals surface area contributed by atoms with E-state index in [1.807, 2.05) is 0 Å². The average Bonchev–Trinajstić information content (AvgIpc) is 2.48. The Bertz CT molecular complexity index is 639. The summed E-state index contributed by atoms with van der Waals surface area (Å²) in [6, 6.07) is 12.4. The van der Waals surface area contributed by atoms with Crippen LogP contribution in [0.15, 0.2) is 48.5 Å². The van der Waals surface area contributed by atoms with Crippen molar-refractivity contribution in [2.45, 2.75) is 0 Å². The number of rotatable bonds is 5. The molecule has 3 N–H and O–H groups in total. The molecule has 0 aromatic heterocycles. The quantitative estimate of drug-likeness (QED) is 0.789. The summed E-state index contributed by atoms with van der Waals surface area (Å²) < 4.78 is 12.8. The number of carbonyl (C=O) groups excluding carboxylic acids is 1. The van der Waals surface area contributed by atoms with Crippen molar-refractivity contribution in [2.24, 2.45) is 0 Å². The van der Waals surface area contributed by atoms with Gasteiger partial charge in [0.15, 0.2) is 0 Å². The first kappa shape index (κ1) is 14.5. The zero-order chi connectivity index (χ0) is 15.2. The molecule has 0 heterocycles. The third-order valence-corrected chi connectivity index (χ3v) is 2.68. The molecule has 21 heavy (non-hydrogen) atoms. The fourth-order valence-electron chi connectivity index (χ4n) is 1.66. The molecule has 0 atom stereocenters. The van der Waals surface area contributed by atoms with E-state index < -0.39 is 18.4 Å². The van der Waals surface area contributed by atoms with Crippen molar-refractivity contribution in [3.05, 3.63) is 59.9 Å². The second kappa shape index (κ2) is 6.51. The van der Waals surface area contributed by atoms with Crippen LogP contribution in [-0.4, -0.2) is 23.5 Å². The highest BCUT2D eigenvalue weighted by molar-refractivity contribution is 5.96. The van der Waals surface area contributed by atoms with Crippen LogP contribution in [-0.2, 0) is 4.79 Å². The minimum Gasteiger partial charge on any atom is -0.480 e. The molecular formula is C15H13FN2O3. The molecule has 0 aliphatic rings. The number of benzene rings is 2. The standard InChI is InChI=1S/C15H13FN2O3/c16-11-3-7-13(8-4-11)18-12-5-1-10(2-6-12)15(21)17-9-14(19)20/h1-8,18H,9H2,(H,17,21)(H,19,20). The SMILES string of the molecule is O=C(O)CNC(=O)c1ccc(Nc2ccc(F)cc2)cc1. The highest BCUT2D eigenvalue weighted by atomic mass is 19.1. The molecule has 2 aromatic rings. The maximum atomic E-state index is 12.8. The van der Waals surface area contributed by atoms with Gasteiger partial charge in [0.2, 0.25) is 0 Å². The van der Waals surface area contributed by atoms with Gasteiger partial charge < -0.3 is 15.7 Å². The third-order valence-electron chi connectivity index (χ3n) is 2.68. The summed E-state index contributed by atoms with van der Waals surface area (Å²) in [5, 5.41) is 13.8. The summed E-state index contributed by atoms with van der Waals surface area (Å²) in [6.45, 7) is -0.422. The lowest BCUT2D eigenvalue weighted by Gasteiger charge is -2.07. The summed E-state index contributed by atoms with van der Waals surface area (Å²) in [4.78, 5) is 22.0. The molecule has 0 spiro atoms. The minimum atomic E-state index is -1.10. The Hall–Kier alpha value is -2.89. The summed E-state index contributed by atoms with van der Waals surface area (Å²) in [6.07, 6.45) is 0. The van der Waals surface area contributed by atoms with E-state index in [2.05, 4.69) is 10.6 Å². The molecule has 0 radical (unpaired) electrons. The number of hydrogen-bond acceptors (Lipinski definition) is 3. The zero-order valence-electron chi connectivity index (χ0n) is 11.0. The van der Waals surface area contributed by atoms with Crippen LogP contribution < -0.4 is 10.6 Å². The van der Waals surface area contributed by atoms with Gasteiger partial charge in [-0.3, -0.25) is 9.59 Å². The lowest BCUT2D eigenvalue weighted by molar-refractivity contribution is -0.135. The Morgan fingerprint density at radius 2 is 1.48 bits per heavy atom. The molecule has 108 valence electrons. The van der Waals surface area contributed by atoms with E-state index in [0.717, 1.165) is 11.4 Å². The van der Waals surface area contributed by atoms with Gasteiger partial charge >= 0.3 is 5.97 Å². The molecule has 5 nitrogen and oxygen atoms in total.